The van der Waals surface area contributed by atoms with Crippen LogP contribution in [0.1, 0.15) is 16.1 Å². The van der Waals surface area contributed by atoms with E-state index in [-0.39, 0.29) is 38.9 Å². The molecule has 3 aromatic rings. The number of halogens is 1. The molecule has 0 aliphatic heterocycles. The Morgan fingerprint density at radius 3 is 2.48 bits per heavy atom. The van der Waals surface area contributed by atoms with Crippen molar-refractivity contribution >= 4 is 40.9 Å². The van der Waals surface area contributed by atoms with Crippen molar-refractivity contribution in [3.05, 3.63) is 86.6 Å². The average molecular weight is 438 g/mol. The molecule has 0 atom stereocenters. The molecule has 0 saturated carbocycles. The Morgan fingerprint density at radius 1 is 1.16 bits per heavy atom. The summed E-state index contributed by atoms with van der Waals surface area (Å²) in [5.41, 5.74) is 0.209. The number of carboxylic acid groups (broad SMARTS) is 1. The molecule has 0 fully saturated rings. The number of nitriles is 1. The minimum atomic E-state index is -1.10. The summed E-state index contributed by atoms with van der Waals surface area (Å²) in [4.78, 5) is 33.6. The number of rotatable bonds is 6. The topological polar surface area (TPSA) is 146 Å². The number of carboxylic acids is 1. The average Bonchev–Trinajstić information content (AvgIpc) is 3.20. The van der Waals surface area contributed by atoms with Gasteiger partial charge in [0, 0.05) is 29.5 Å². The number of carbonyl (C=O) groups is 2. The fourth-order valence-electron chi connectivity index (χ4n) is 2.58. The van der Waals surface area contributed by atoms with Crippen LogP contribution >= 0.6 is 11.6 Å². The number of anilines is 1. The van der Waals surface area contributed by atoms with Crippen molar-refractivity contribution in [2.24, 2.45) is 0 Å². The van der Waals surface area contributed by atoms with Crippen LogP contribution in [0.5, 0.6) is 0 Å². The number of benzene rings is 2. The standard InChI is InChI=1S/C21H12ClN3O6/c22-18-7-5-15(25(29)30)10-17(18)19-8-6-16(31-19)9-13(11-23)20(26)24-14-3-1-12(2-4-14)21(27)28/h1-10H,(H,24,26)(H,27,28)/b13-9+. The molecule has 1 heterocycles. The molecule has 0 radical (unpaired) electrons. The van der Waals surface area contributed by atoms with E-state index in [2.05, 4.69) is 5.32 Å². The number of hydrogen-bond acceptors (Lipinski definition) is 6. The molecule has 3 rings (SSSR count). The number of carbonyl (C=O) groups excluding carboxylic acids is 1. The van der Waals surface area contributed by atoms with Gasteiger partial charge in [0.2, 0.25) is 0 Å². The highest BCUT2D eigenvalue weighted by molar-refractivity contribution is 6.33. The number of nitrogens with zero attached hydrogens (tertiary/aromatic N) is 2. The van der Waals surface area contributed by atoms with E-state index in [1.165, 1.54) is 60.7 Å². The second kappa shape index (κ2) is 8.94. The Bertz CT molecular complexity index is 1250. The van der Waals surface area contributed by atoms with Crippen molar-refractivity contribution in [3.8, 4) is 17.4 Å². The van der Waals surface area contributed by atoms with Crippen LogP contribution in [0.25, 0.3) is 17.4 Å². The van der Waals surface area contributed by atoms with Gasteiger partial charge in [-0.1, -0.05) is 11.6 Å². The maximum Gasteiger partial charge on any atom is 0.335 e. The van der Waals surface area contributed by atoms with Gasteiger partial charge in [-0.25, -0.2) is 4.79 Å². The van der Waals surface area contributed by atoms with Gasteiger partial charge >= 0.3 is 5.97 Å². The fraction of sp³-hybridized carbons (Fsp3) is 0. The van der Waals surface area contributed by atoms with Crippen molar-refractivity contribution in [2.45, 2.75) is 0 Å². The largest absolute Gasteiger partial charge is 0.478 e. The summed E-state index contributed by atoms with van der Waals surface area (Å²) >= 11 is 6.10. The summed E-state index contributed by atoms with van der Waals surface area (Å²) in [7, 11) is 0. The van der Waals surface area contributed by atoms with Crippen LogP contribution < -0.4 is 5.32 Å². The normalized spacial score (nSPS) is 10.9. The number of non-ortho nitro benzene ring substituents is 1. The summed E-state index contributed by atoms with van der Waals surface area (Å²) in [5.74, 6) is -1.45. The number of amides is 1. The van der Waals surface area contributed by atoms with Gasteiger partial charge < -0.3 is 14.8 Å². The van der Waals surface area contributed by atoms with E-state index in [1.807, 2.05) is 0 Å². The minimum Gasteiger partial charge on any atom is -0.478 e. The molecule has 0 aliphatic carbocycles. The van der Waals surface area contributed by atoms with Crippen molar-refractivity contribution in [1.82, 2.24) is 0 Å². The Labute approximate surface area is 179 Å². The molecule has 0 spiro atoms. The highest BCUT2D eigenvalue weighted by atomic mass is 35.5. The number of hydrogen-bond donors (Lipinski definition) is 2. The zero-order chi connectivity index (χ0) is 22.5. The number of furan rings is 1. The first-order valence-corrected chi connectivity index (χ1v) is 8.97. The number of aromatic carboxylic acids is 1. The van der Waals surface area contributed by atoms with E-state index in [1.54, 1.807) is 6.07 Å². The molecule has 1 aromatic heterocycles. The Balaban J connectivity index is 1.82. The van der Waals surface area contributed by atoms with E-state index in [0.717, 1.165) is 0 Å². The van der Waals surface area contributed by atoms with E-state index >= 15 is 0 Å². The van der Waals surface area contributed by atoms with Crippen LogP contribution in [-0.4, -0.2) is 21.9 Å². The maximum atomic E-state index is 12.4. The highest BCUT2D eigenvalue weighted by Crippen LogP contribution is 2.33. The molecule has 0 saturated heterocycles. The van der Waals surface area contributed by atoms with Crippen molar-refractivity contribution in [1.29, 1.82) is 5.26 Å². The van der Waals surface area contributed by atoms with Crippen LogP contribution in [0.15, 0.2) is 64.6 Å². The molecule has 0 aliphatic rings. The summed E-state index contributed by atoms with van der Waals surface area (Å²) in [6.07, 6.45) is 1.20. The van der Waals surface area contributed by atoms with Gasteiger partial charge in [0.15, 0.2) is 0 Å². The van der Waals surface area contributed by atoms with Gasteiger partial charge in [-0.3, -0.25) is 14.9 Å². The van der Waals surface area contributed by atoms with Gasteiger partial charge in [-0.15, -0.1) is 0 Å². The molecule has 9 nitrogen and oxygen atoms in total. The maximum absolute atomic E-state index is 12.4. The fourth-order valence-corrected chi connectivity index (χ4v) is 2.79. The summed E-state index contributed by atoms with van der Waals surface area (Å²) in [6.45, 7) is 0. The first-order chi connectivity index (χ1) is 14.8. The van der Waals surface area contributed by atoms with Gasteiger partial charge in [0.05, 0.1) is 15.5 Å². The molecule has 0 bridgehead atoms. The molecular weight excluding hydrogens is 426 g/mol. The molecule has 1 amide bonds. The third-order valence-corrected chi connectivity index (χ3v) is 4.42. The summed E-state index contributed by atoms with van der Waals surface area (Å²) in [6, 6.07) is 14.1. The lowest BCUT2D eigenvalue weighted by atomic mass is 10.1. The second-order valence-corrected chi connectivity index (χ2v) is 6.54. The highest BCUT2D eigenvalue weighted by Gasteiger charge is 2.16. The van der Waals surface area contributed by atoms with E-state index < -0.39 is 16.8 Å². The number of nitro benzene ring substituents is 1. The predicted octanol–water partition coefficient (Wildman–Crippen LogP) is 4.75. The number of nitro groups is 1. The lowest BCUT2D eigenvalue weighted by Crippen LogP contribution is -2.13. The van der Waals surface area contributed by atoms with Gasteiger partial charge in [0.1, 0.15) is 23.2 Å². The summed E-state index contributed by atoms with van der Waals surface area (Å²) in [5, 5.41) is 31.9. The van der Waals surface area contributed by atoms with E-state index in [9.17, 15) is 25.0 Å². The van der Waals surface area contributed by atoms with Crippen LogP contribution in [0.4, 0.5) is 11.4 Å². The molecular formula is C21H12ClN3O6. The Hall–Kier alpha value is -4.42. The first kappa shape index (κ1) is 21.3. The third kappa shape index (κ3) is 4.95. The SMILES string of the molecule is N#C/C(=C\c1ccc(-c2cc([N+](=O)[O-])ccc2Cl)o1)C(=O)Nc1ccc(C(=O)O)cc1. The third-order valence-electron chi connectivity index (χ3n) is 4.09. The Kier molecular flexibility index (Phi) is 6.14. The zero-order valence-corrected chi connectivity index (χ0v) is 16.3. The van der Waals surface area contributed by atoms with Crippen LogP contribution in [0.2, 0.25) is 5.02 Å². The van der Waals surface area contributed by atoms with Gasteiger partial charge in [0.25, 0.3) is 11.6 Å². The first-order valence-electron chi connectivity index (χ1n) is 8.59. The van der Waals surface area contributed by atoms with Crippen LogP contribution in [0, 0.1) is 21.4 Å². The van der Waals surface area contributed by atoms with Gasteiger partial charge in [-0.2, -0.15) is 5.26 Å². The van der Waals surface area contributed by atoms with Crippen molar-refractivity contribution < 1.29 is 24.0 Å². The number of nitrogens with one attached hydrogen (secondary N) is 1. The quantitative estimate of drug-likeness (QED) is 0.244. The van der Waals surface area contributed by atoms with E-state index in [4.69, 9.17) is 21.1 Å². The summed E-state index contributed by atoms with van der Waals surface area (Å²) < 4.78 is 5.58. The molecule has 154 valence electrons. The van der Waals surface area contributed by atoms with Crippen LogP contribution in [0.3, 0.4) is 0 Å². The molecule has 31 heavy (non-hydrogen) atoms. The Morgan fingerprint density at radius 2 is 1.87 bits per heavy atom. The molecule has 2 N–H and O–H groups in total. The van der Waals surface area contributed by atoms with Crippen LogP contribution in [-0.2, 0) is 4.79 Å². The van der Waals surface area contributed by atoms with Crippen molar-refractivity contribution in [2.75, 3.05) is 5.32 Å². The van der Waals surface area contributed by atoms with E-state index in [0.29, 0.717) is 5.69 Å². The lowest BCUT2D eigenvalue weighted by Gasteiger charge is -2.04. The monoisotopic (exact) mass is 437 g/mol. The zero-order valence-electron chi connectivity index (χ0n) is 15.5. The molecule has 10 heteroatoms. The predicted molar refractivity (Wildman–Crippen MR) is 111 cm³/mol. The lowest BCUT2D eigenvalue weighted by molar-refractivity contribution is -0.384. The smallest absolute Gasteiger partial charge is 0.335 e. The van der Waals surface area contributed by atoms with Gasteiger partial charge in [-0.05, 0) is 42.5 Å². The van der Waals surface area contributed by atoms with Crippen molar-refractivity contribution in [3.63, 3.8) is 0 Å². The second-order valence-electron chi connectivity index (χ2n) is 6.13. The molecule has 2 aromatic carbocycles. The minimum absolute atomic E-state index is 0.0528. The molecule has 0 unspecified atom stereocenters.